The van der Waals surface area contributed by atoms with Gasteiger partial charge in [-0.3, -0.25) is 0 Å². The molecule has 2 aromatic rings. The van der Waals surface area contributed by atoms with Crippen LogP contribution in [0.5, 0.6) is 0 Å². The lowest BCUT2D eigenvalue weighted by Crippen LogP contribution is -2.39. The fourth-order valence-electron chi connectivity index (χ4n) is 2.61. The van der Waals surface area contributed by atoms with Gasteiger partial charge in [-0.15, -0.1) is 0 Å². The summed E-state index contributed by atoms with van der Waals surface area (Å²) < 4.78 is 14.1. The van der Waals surface area contributed by atoms with Crippen molar-refractivity contribution in [1.29, 1.82) is 0 Å². The molecular formula is C17H17BrFN3. The molecule has 0 saturated carbocycles. The highest BCUT2D eigenvalue weighted by Gasteiger charge is 2.17. The van der Waals surface area contributed by atoms with Gasteiger partial charge in [0.05, 0.1) is 6.67 Å². The van der Waals surface area contributed by atoms with E-state index in [1.54, 1.807) is 12.1 Å². The van der Waals surface area contributed by atoms with Gasteiger partial charge in [0.1, 0.15) is 5.82 Å². The Kier molecular flexibility index (Phi) is 4.45. The number of hydrogen-bond acceptors (Lipinski definition) is 3. The number of anilines is 2. The molecule has 0 fully saturated rings. The average Bonchev–Trinajstić information content (AvgIpc) is 2.55. The Hall–Kier alpha value is -1.85. The zero-order chi connectivity index (χ0) is 15.5. The van der Waals surface area contributed by atoms with Gasteiger partial charge in [0, 0.05) is 40.7 Å². The van der Waals surface area contributed by atoms with Crippen molar-refractivity contribution in [2.24, 2.45) is 5.73 Å². The van der Waals surface area contributed by atoms with E-state index in [0.29, 0.717) is 13.2 Å². The molecule has 0 saturated heterocycles. The van der Waals surface area contributed by atoms with Crippen LogP contribution < -0.4 is 15.5 Å². The van der Waals surface area contributed by atoms with E-state index in [1.807, 2.05) is 18.3 Å². The minimum atomic E-state index is -0.223. The highest BCUT2D eigenvalue weighted by molar-refractivity contribution is 9.10. The quantitative estimate of drug-likeness (QED) is 0.901. The van der Waals surface area contributed by atoms with Crippen molar-refractivity contribution < 1.29 is 4.39 Å². The van der Waals surface area contributed by atoms with Crippen LogP contribution in [0.15, 0.2) is 59.2 Å². The van der Waals surface area contributed by atoms with Crippen molar-refractivity contribution in [3.63, 3.8) is 0 Å². The maximum absolute atomic E-state index is 13.1. The van der Waals surface area contributed by atoms with E-state index in [9.17, 15) is 4.39 Å². The van der Waals surface area contributed by atoms with Crippen molar-refractivity contribution in [1.82, 2.24) is 0 Å². The number of hydrogen-bond donors (Lipinski definition) is 1. The van der Waals surface area contributed by atoms with Crippen LogP contribution in [0.2, 0.25) is 0 Å². The summed E-state index contributed by atoms with van der Waals surface area (Å²) in [5.74, 6) is -0.223. The molecule has 0 atom stereocenters. The van der Waals surface area contributed by atoms with E-state index >= 15 is 0 Å². The van der Waals surface area contributed by atoms with Crippen molar-refractivity contribution in [2.45, 2.75) is 6.54 Å². The van der Waals surface area contributed by atoms with Crippen LogP contribution >= 0.6 is 15.9 Å². The molecule has 1 aliphatic heterocycles. The standard InChI is InChI=1S/C17H17BrFN3/c18-16-3-1-4-17(15(16)11-20)22-10-2-9-21(12-22)14-7-5-13(19)6-8-14/h1-9H,10-12,20H2. The largest absolute Gasteiger partial charge is 0.349 e. The molecule has 2 N–H and O–H groups in total. The first-order valence-electron chi connectivity index (χ1n) is 7.10. The molecule has 0 aliphatic carbocycles. The minimum absolute atomic E-state index is 0.223. The van der Waals surface area contributed by atoms with Gasteiger partial charge in [-0.1, -0.05) is 22.0 Å². The smallest absolute Gasteiger partial charge is 0.123 e. The highest BCUT2D eigenvalue weighted by atomic mass is 79.9. The van der Waals surface area contributed by atoms with Gasteiger partial charge >= 0.3 is 0 Å². The minimum Gasteiger partial charge on any atom is -0.349 e. The fraction of sp³-hybridized carbons (Fsp3) is 0.176. The third-order valence-electron chi connectivity index (χ3n) is 3.73. The number of nitrogens with zero attached hydrogens (tertiary/aromatic N) is 2. The monoisotopic (exact) mass is 361 g/mol. The first-order chi connectivity index (χ1) is 10.7. The molecule has 0 radical (unpaired) electrons. The lowest BCUT2D eigenvalue weighted by Gasteiger charge is -2.35. The molecule has 3 nitrogen and oxygen atoms in total. The number of rotatable bonds is 3. The number of benzene rings is 2. The van der Waals surface area contributed by atoms with E-state index in [4.69, 9.17) is 5.73 Å². The highest BCUT2D eigenvalue weighted by Crippen LogP contribution is 2.29. The molecule has 1 aliphatic rings. The van der Waals surface area contributed by atoms with Crippen LogP contribution in [0.3, 0.4) is 0 Å². The molecule has 2 aromatic carbocycles. The van der Waals surface area contributed by atoms with E-state index in [2.05, 4.69) is 37.9 Å². The first-order valence-corrected chi connectivity index (χ1v) is 7.89. The second-order valence-electron chi connectivity index (χ2n) is 5.14. The predicted octanol–water partition coefficient (Wildman–Crippen LogP) is 3.84. The van der Waals surface area contributed by atoms with Crippen molar-refractivity contribution >= 4 is 27.3 Å². The van der Waals surface area contributed by atoms with Crippen LogP contribution in [0.25, 0.3) is 0 Å². The Bertz CT molecular complexity index is 685. The van der Waals surface area contributed by atoms with Crippen LogP contribution in [-0.2, 0) is 6.54 Å². The first kappa shape index (κ1) is 15.1. The summed E-state index contributed by atoms with van der Waals surface area (Å²) in [4.78, 5) is 4.33. The third kappa shape index (κ3) is 3.00. The summed E-state index contributed by atoms with van der Waals surface area (Å²) in [7, 11) is 0. The predicted molar refractivity (Wildman–Crippen MR) is 92.3 cm³/mol. The average molecular weight is 362 g/mol. The van der Waals surface area contributed by atoms with Crippen LogP contribution in [-0.4, -0.2) is 13.2 Å². The van der Waals surface area contributed by atoms with Crippen molar-refractivity contribution in [3.8, 4) is 0 Å². The number of nitrogens with two attached hydrogens (primary N) is 1. The van der Waals surface area contributed by atoms with Gasteiger partial charge in [0.25, 0.3) is 0 Å². The van der Waals surface area contributed by atoms with Crippen molar-refractivity contribution in [3.05, 3.63) is 70.6 Å². The van der Waals surface area contributed by atoms with Gasteiger partial charge in [-0.25, -0.2) is 4.39 Å². The van der Waals surface area contributed by atoms with Crippen LogP contribution in [0, 0.1) is 5.82 Å². The van der Waals surface area contributed by atoms with E-state index < -0.39 is 0 Å². The molecule has 22 heavy (non-hydrogen) atoms. The summed E-state index contributed by atoms with van der Waals surface area (Å²) in [6.45, 7) is 2.00. The SMILES string of the molecule is NCc1c(Br)cccc1N1CC=CN(c2ccc(F)cc2)C1. The van der Waals surface area contributed by atoms with E-state index in [-0.39, 0.29) is 5.82 Å². The molecule has 0 bridgehead atoms. The maximum atomic E-state index is 13.1. The molecule has 1 heterocycles. The molecule has 3 rings (SSSR count). The normalized spacial score (nSPS) is 14.5. The summed E-state index contributed by atoms with van der Waals surface area (Å²) in [6.07, 6.45) is 4.12. The Morgan fingerprint density at radius 3 is 2.64 bits per heavy atom. The van der Waals surface area contributed by atoms with Crippen LogP contribution in [0.4, 0.5) is 15.8 Å². The summed E-state index contributed by atoms with van der Waals surface area (Å²) >= 11 is 3.56. The Balaban J connectivity index is 1.87. The molecular weight excluding hydrogens is 345 g/mol. The van der Waals surface area contributed by atoms with Gasteiger partial charge < -0.3 is 15.5 Å². The van der Waals surface area contributed by atoms with Crippen molar-refractivity contribution in [2.75, 3.05) is 23.0 Å². The zero-order valence-electron chi connectivity index (χ0n) is 12.0. The third-order valence-corrected chi connectivity index (χ3v) is 4.47. The Morgan fingerprint density at radius 1 is 1.14 bits per heavy atom. The second-order valence-corrected chi connectivity index (χ2v) is 5.99. The summed E-state index contributed by atoms with van der Waals surface area (Å²) in [6, 6.07) is 12.6. The van der Waals surface area contributed by atoms with Gasteiger partial charge in [0.2, 0.25) is 0 Å². The topological polar surface area (TPSA) is 32.5 Å². The zero-order valence-corrected chi connectivity index (χ0v) is 13.6. The van der Waals surface area contributed by atoms with Crippen LogP contribution in [0.1, 0.15) is 5.56 Å². The molecule has 0 aromatic heterocycles. The fourth-order valence-corrected chi connectivity index (χ4v) is 3.13. The lowest BCUT2D eigenvalue weighted by atomic mass is 10.1. The second kappa shape index (κ2) is 6.50. The Labute approximate surface area is 138 Å². The van der Waals surface area contributed by atoms with E-state index in [1.165, 1.54) is 12.1 Å². The number of halogens is 2. The summed E-state index contributed by atoms with van der Waals surface area (Å²) in [5.41, 5.74) is 9.07. The molecule has 0 unspecified atom stereocenters. The van der Waals surface area contributed by atoms with Gasteiger partial charge in [-0.2, -0.15) is 0 Å². The summed E-state index contributed by atoms with van der Waals surface area (Å²) in [5, 5.41) is 0. The van der Waals surface area contributed by atoms with Gasteiger partial charge in [-0.05, 0) is 42.5 Å². The van der Waals surface area contributed by atoms with Gasteiger partial charge in [0.15, 0.2) is 0 Å². The molecule has 5 heteroatoms. The molecule has 0 amide bonds. The molecule has 114 valence electrons. The maximum Gasteiger partial charge on any atom is 0.123 e. The molecule has 0 spiro atoms. The lowest BCUT2D eigenvalue weighted by molar-refractivity contribution is 0.627. The van der Waals surface area contributed by atoms with E-state index in [0.717, 1.165) is 28.0 Å². The Morgan fingerprint density at radius 2 is 1.91 bits per heavy atom.